The molecular formula is C20H18N4O4S. The Morgan fingerprint density at radius 1 is 1.03 bits per heavy atom. The van der Waals surface area contributed by atoms with Gasteiger partial charge in [0, 0.05) is 35.9 Å². The molecule has 0 aliphatic rings. The molecular weight excluding hydrogens is 392 g/mol. The van der Waals surface area contributed by atoms with Crippen molar-refractivity contribution >= 4 is 21.5 Å². The fraction of sp³-hybridized carbons (Fsp3) is 0.100. The van der Waals surface area contributed by atoms with E-state index >= 15 is 0 Å². The van der Waals surface area contributed by atoms with Crippen LogP contribution in [0.5, 0.6) is 11.5 Å². The van der Waals surface area contributed by atoms with Gasteiger partial charge in [-0.05, 0) is 30.3 Å². The molecule has 2 aromatic carbocycles. The van der Waals surface area contributed by atoms with Gasteiger partial charge in [-0.2, -0.15) is 0 Å². The molecule has 0 atom stereocenters. The van der Waals surface area contributed by atoms with Crippen molar-refractivity contribution in [2.75, 3.05) is 18.9 Å². The Morgan fingerprint density at radius 2 is 1.90 bits per heavy atom. The van der Waals surface area contributed by atoms with Crippen molar-refractivity contribution in [3.05, 3.63) is 67.1 Å². The van der Waals surface area contributed by atoms with Gasteiger partial charge in [0.25, 0.3) is 10.0 Å². The minimum atomic E-state index is -3.91. The lowest BCUT2D eigenvalue weighted by molar-refractivity contribution is 0.392. The van der Waals surface area contributed by atoms with Gasteiger partial charge in [0.15, 0.2) is 0 Å². The number of benzene rings is 2. The predicted molar refractivity (Wildman–Crippen MR) is 109 cm³/mol. The van der Waals surface area contributed by atoms with Gasteiger partial charge in [-0.25, -0.2) is 18.4 Å². The number of hydrogen-bond acceptors (Lipinski definition) is 6. The van der Waals surface area contributed by atoms with Crippen LogP contribution in [-0.4, -0.2) is 37.0 Å². The molecule has 0 radical (unpaired) electrons. The Balaban J connectivity index is 1.69. The number of rotatable bonds is 6. The first-order chi connectivity index (χ1) is 14.0. The molecule has 0 fully saturated rings. The van der Waals surface area contributed by atoms with E-state index in [9.17, 15) is 8.42 Å². The number of hydrogen-bond donors (Lipinski definition) is 1. The zero-order valence-corrected chi connectivity index (χ0v) is 16.6. The fourth-order valence-electron chi connectivity index (χ4n) is 2.92. The van der Waals surface area contributed by atoms with E-state index < -0.39 is 10.0 Å². The summed E-state index contributed by atoms with van der Waals surface area (Å²) < 4.78 is 40.7. The first-order valence-corrected chi connectivity index (χ1v) is 10.1. The second kappa shape index (κ2) is 7.44. The average Bonchev–Trinajstić information content (AvgIpc) is 3.17. The Bertz CT molecular complexity index is 1250. The lowest BCUT2D eigenvalue weighted by atomic mass is 10.1. The third-order valence-corrected chi connectivity index (χ3v) is 5.71. The number of sulfonamides is 1. The molecule has 0 unspecified atom stereocenters. The van der Waals surface area contributed by atoms with Crippen LogP contribution in [0.3, 0.4) is 0 Å². The van der Waals surface area contributed by atoms with E-state index in [0.717, 1.165) is 5.56 Å². The van der Waals surface area contributed by atoms with Gasteiger partial charge in [0.05, 0.1) is 19.9 Å². The molecule has 2 heterocycles. The van der Waals surface area contributed by atoms with Crippen LogP contribution in [0.25, 0.3) is 17.0 Å². The van der Waals surface area contributed by atoms with E-state index in [2.05, 4.69) is 14.7 Å². The zero-order chi connectivity index (χ0) is 20.4. The summed E-state index contributed by atoms with van der Waals surface area (Å²) in [5.74, 6) is 1.20. The quantitative estimate of drug-likeness (QED) is 0.524. The largest absolute Gasteiger partial charge is 0.497 e. The molecule has 8 nitrogen and oxygen atoms in total. The lowest BCUT2D eigenvalue weighted by Gasteiger charge is -2.13. The highest BCUT2D eigenvalue weighted by molar-refractivity contribution is 7.92. The van der Waals surface area contributed by atoms with Gasteiger partial charge in [0.2, 0.25) is 5.78 Å². The van der Waals surface area contributed by atoms with Gasteiger partial charge >= 0.3 is 0 Å². The summed E-state index contributed by atoms with van der Waals surface area (Å²) in [5, 5.41) is 0. The first-order valence-electron chi connectivity index (χ1n) is 8.65. The van der Waals surface area contributed by atoms with Gasteiger partial charge in [-0.15, -0.1) is 0 Å². The molecule has 0 saturated heterocycles. The van der Waals surface area contributed by atoms with Crippen molar-refractivity contribution in [1.29, 1.82) is 0 Å². The second-order valence-corrected chi connectivity index (χ2v) is 7.81. The molecule has 4 aromatic rings. The molecule has 0 aliphatic heterocycles. The highest BCUT2D eigenvalue weighted by Gasteiger charge is 2.21. The number of ether oxygens (including phenoxy) is 2. The predicted octanol–water partition coefficient (Wildman–Crippen LogP) is 3.21. The number of imidazole rings is 1. The molecule has 1 N–H and O–H groups in total. The average molecular weight is 410 g/mol. The molecule has 0 spiro atoms. The molecule has 0 bridgehead atoms. The number of fused-ring (bicyclic) bond motifs is 1. The summed E-state index contributed by atoms with van der Waals surface area (Å²) >= 11 is 0. The number of nitrogens with zero attached hydrogens (tertiary/aromatic N) is 3. The van der Waals surface area contributed by atoms with Crippen LogP contribution in [-0.2, 0) is 10.0 Å². The van der Waals surface area contributed by atoms with E-state index in [1.807, 2.05) is 24.5 Å². The van der Waals surface area contributed by atoms with Crippen LogP contribution < -0.4 is 14.2 Å². The molecule has 4 rings (SSSR count). The van der Waals surface area contributed by atoms with E-state index in [0.29, 0.717) is 22.9 Å². The fourth-order valence-corrected chi connectivity index (χ4v) is 4.15. The van der Waals surface area contributed by atoms with E-state index in [1.54, 1.807) is 40.9 Å². The third-order valence-electron chi connectivity index (χ3n) is 4.31. The second-order valence-electron chi connectivity index (χ2n) is 6.16. The molecule has 9 heteroatoms. The van der Waals surface area contributed by atoms with Gasteiger partial charge in [-0.3, -0.25) is 9.12 Å². The number of aromatic nitrogens is 3. The zero-order valence-electron chi connectivity index (χ0n) is 15.7. The minimum absolute atomic E-state index is 0.0123. The lowest BCUT2D eigenvalue weighted by Crippen LogP contribution is -2.14. The molecule has 0 aliphatic carbocycles. The summed E-state index contributed by atoms with van der Waals surface area (Å²) in [6, 6.07) is 13.4. The topological polar surface area (TPSA) is 94.8 Å². The summed E-state index contributed by atoms with van der Waals surface area (Å²) in [4.78, 5) is 8.65. The van der Waals surface area contributed by atoms with E-state index in [-0.39, 0.29) is 10.6 Å². The first kappa shape index (κ1) is 18.8. The summed E-state index contributed by atoms with van der Waals surface area (Å²) in [5.41, 5.74) is 1.84. The Hall–Kier alpha value is -3.59. The normalized spacial score (nSPS) is 11.4. The Kier molecular flexibility index (Phi) is 4.81. The van der Waals surface area contributed by atoms with Crippen LogP contribution in [0.15, 0.2) is 72.0 Å². The summed E-state index contributed by atoms with van der Waals surface area (Å²) in [7, 11) is -1.02. The number of nitrogens with one attached hydrogen (secondary N) is 1. The van der Waals surface area contributed by atoms with E-state index in [4.69, 9.17) is 9.47 Å². The SMILES string of the molecule is COc1ccc(OC)c(S(=O)(=O)Nc2cccc(-c3cn4cccnc4n3)c2)c1. The maximum atomic E-state index is 13.0. The van der Waals surface area contributed by atoms with Crippen LogP contribution >= 0.6 is 0 Å². The van der Waals surface area contributed by atoms with Gasteiger partial charge in [0.1, 0.15) is 16.4 Å². The molecule has 148 valence electrons. The van der Waals surface area contributed by atoms with E-state index in [1.165, 1.54) is 20.3 Å². The van der Waals surface area contributed by atoms with Crippen LogP contribution in [0.1, 0.15) is 0 Å². The van der Waals surface area contributed by atoms with Gasteiger partial charge in [-0.1, -0.05) is 12.1 Å². The van der Waals surface area contributed by atoms with Crippen molar-refractivity contribution in [2.45, 2.75) is 4.90 Å². The standard InChI is InChI=1S/C20H18N4O4S/c1-27-16-7-8-18(28-2)19(12-16)29(25,26)23-15-6-3-5-14(11-15)17-13-24-10-4-9-21-20(24)22-17/h3-13,23H,1-2H3. The van der Waals surface area contributed by atoms with Crippen LogP contribution in [0.2, 0.25) is 0 Å². The Labute approximate surface area is 167 Å². The third kappa shape index (κ3) is 3.72. The van der Waals surface area contributed by atoms with Crippen molar-refractivity contribution in [1.82, 2.24) is 14.4 Å². The molecule has 2 aromatic heterocycles. The van der Waals surface area contributed by atoms with Gasteiger partial charge < -0.3 is 9.47 Å². The summed E-state index contributed by atoms with van der Waals surface area (Å²) in [6.45, 7) is 0. The summed E-state index contributed by atoms with van der Waals surface area (Å²) in [6.07, 6.45) is 5.35. The minimum Gasteiger partial charge on any atom is -0.497 e. The number of anilines is 1. The monoisotopic (exact) mass is 410 g/mol. The van der Waals surface area contributed by atoms with Crippen molar-refractivity contribution in [3.63, 3.8) is 0 Å². The van der Waals surface area contributed by atoms with Crippen molar-refractivity contribution < 1.29 is 17.9 Å². The maximum absolute atomic E-state index is 13.0. The molecule has 0 amide bonds. The number of methoxy groups -OCH3 is 2. The Morgan fingerprint density at radius 3 is 2.66 bits per heavy atom. The molecule has 29 heavy (non-hydrogen) atoms. The van der Waals surface area contributed by atoms with Crippen molar-refractivity contribution in [3.8, 4) is 22.8 Å². The van der Waals surface area contributed by atoms with Crippen molar-refractivity contribution in [2.24, 2.45) is 0 Å². The van der Waals surface area contributed by atoms with Crippen LogP contribution in [0.4, 0.5) is 5.69 Å². The maximum Gasteiger partial charge on any atom is 0.265 e. The highest BCUT2D eigenvalue weighted by Crippen LogP contribution is 2.30. The highest BCUT2D eigenvalue weighted by atomic mass is 32.2. The molecule has 0 saturated carbocycles. The van der Waals surface area contributed by atoms with Crippen LogP contribution in [0, 0.1) is 0 Å². The smallest absolute Gasteiger partial charge is 0.265 e.